The molecule has 0 heterocycles. The van der Waals surface area contributed by atoms with Crippen molar-refractivity contribution >= 4 is 11.6 Å². The molecule has 0 atom stereocenters. The molecule has 4 nitrogen and oxygen atoms in total. The van der Waals surface area contributed by atoms with Gasteiger partial charge in [-0.2, -0.15) is 0 Å². The largest absolute Gasteiger partial charge is 0.508 e. The number of nitrogens with one attached hydrogen (secondary N) is 1. The van der Waals surface area contributed by atoms with Gasteiger partial charge in [0.15, 0.2) is 0 Å². The minimum absolute atomic E-state index is 0.0820. The van der Waals surface area contributed by atoms with Crippen molar-refractivity contribution in [2.24, 2.45) is 0 Å². The summed E-state index contributed by atoms with van der Waals surface area (Å²) in [4.78, 5) is 12.0. The van der Waals surface area contributed by atoms with Crippen molar-refractivity contribution in [2.75, 3.05) is 5.32 Å². The molecule has 0 spiro atoms. The maximum absolute atomic E-state index is 12.0. The zero-order valence-electron chi connectivity index (χ0n) is 9.84. The lowest BCUT2D eigenvalue weighted by molar-refractivity contribution is 0.102. The fourth-order valence-electron chi connectivity index (χ4n) is 1.65. The van der Waals surface area contributed by atoms with E-state index in [9.17, 15) is 15.0 Å². The third kappa shape index (κ3) is 2.43. The van der Waals surface area contributed by atoms with E-state index in [0.29, 0.717) is 16.8 Å². The fraction of sp³-hybridized carbons (Fsp3) is 0.0714. The molecule has 0 fully saturated rings. The predicted molar refractivity (Wildman–Crippen MR) is 68.9 cm³/mol. The molecule has 92 valence electrons. The minimum Gasteiger partial charge on any atom is -0.508 e. The molecule has 4 heteroatoms. The summed E-state index contributed by atoms with van der Waals surface area (Å²) in [5.74, 6) is -0.159. The Morgan fingerprint density at radius 2 is 1.83 bits per heavy atom. The van der Waals surface area contributed by atoms with Crippen LogP contribution >= 0.6 is 0 Å². The first-order chi connectivity index (χ1) is 8.58. The molecule has 2 aromatic carbocycles. The molecule has 0 aliphatic rings. The van der Waals surface area contributed by atoms with E-state index in [1.165, 1.54) is 18.2 Å². The standard InChI is InChI=1S/C14H13NO3/c1-9-12(6-3-7-13(9)17)14(18)15-10-4-2-5-11(16)8-10/h2-8,16-17H,1H3,(H,15,18). The molecule has 0 bridgehead atoms. The molecule has 2 aromatic rings. The highest BCUT2D eigenvalue weighted by Crippen LogP contribution is 2.21. The Bertz CT molecular complexity index is 593. The van der Waals surface area contributed by atoms with E-state index in [0.717, 1.165) is 0 Å². The van der Waals surface area contributed by atoms with E-state index in [4.69, 9.17) is 0 Å². The lowest BCUT2D eigenvalue weighted by Crippen LogP contribution is -2.13. The highest BCUT2D eigenvalue weighted by molar-refractivity contribution is 6.05. The van der Waals surface area contributed by atoms with Crippen LogP contribution in [0.15, 0.2) is 42.5 Å². The van der Waals surface area contributed by atoms with E-state index < -0.39 is 0 Å². The van der Waals surface area contributed by atoms with Crippen LogP contribution in [0, 0.1) is 6.92 Å². The van der Waals surface area contributed by atoms with Gasteiger partial charge in [0.2, 0.25) is 0 Å². The van der Waals surface area contributed by atoms with Crippen LogP contribution in [0.5, 0.6) is 11.5 Å². The number of amides is 1. The summed E-state index contributed by atoms with van der Waals surface area (Å²) in [6.45, 7) is 1.67. The zero-order valence-corrected chi connectivity index (χ0v) is 9.84. The summed E-state index contributed by atoms with van der Waals surface area (Å²) in [5, 5.41) is 21.5. The zero-order chi connectivity index (χ0) is 13.1. The van der Waals surface area contributed by atoms with Crippen molar-refractivity contribution in [3.8, 4) is 11.5 Å². The Morgan fingerprint density at radius 1 is 1.11 bits per heavy atom. The fourth-order valence-corrected chi connectivity index (χ4v) is 1.65. The van der Waals surface area contributed by atoms with Gasteiger partial charge in [-0.05, 0) is 31.2 Å². The lowest BCUT2D eigenvalue weighted by atomic mass is 10.1. The number of phenols is 2. The van der Waals surface area contributed by atoms with Gasteiger partial charge in [0, 0.05) is 22.9 Å². The van der Waals surface area contributed by atoms with Crippen molar-refractivity contribution < 1.29 is 15.0 Å². The van der Waals surface area contributed by atoms with Crippen LogP contribution in [-0.4, -0.2) is 16.1 Å². The summed E-state index contributed by atoms with van der Waals surface area (Å²) in [7, 11) is 0. The first-order valence-corrected chi connectivity index (χ1v) is 5.47. The van der Waals surface area contributed by atoms with Crippen LogP contribution in [0.4, 0.5) is 5.69 Å². The quantitative estimate of drug-likeness (QED) is 0.759. The Balaban J connectivity index is 2.25. The summed E-state index contributed by atoms with van der Waals surface area (Å²) < 4.78 is 0. The first-order valence-electron chi connectivity index (χ1n) is 5.47. The highest BCUT2D eigenvalue weighted by Gasteiger charge is 2.11. The molecule has 0 unspecified atom stereocenters. The first kappa shape index (κ1) is 12.0. The lowest BCUT2D eigenvalue weighted by Gasteiger charge is -2.08. The van der Waals surface area contributed by atoms with Gasteiger partial charge in [0.25, 0.3) is 5.91 Å². The van der Waals surface area contributed by atoms with Gasteiger partial charge in [-0.1, -0.05) is 12.1 Å². The molecule has 1 amide bonds. The second kappa shape index (κ2) is 4.79. The SMILES string of the molecule is Cc1c(O)cccc1C(=O)Nc1cccc(O)c1. The molecule has 0 aromatic heterocycles. The molecule has 18 heavy (non-hydrogen) atoms. The number of hydrogen-bond donors (Lipinski definition) is 3. The van der Waals surface area contributed by atoms with Gasteiger partial charge >= 0.3 is 0 Å². The van der Waals surface area contributed by atoms with Gasteiger partial charge in [-0.25, -0.2) is 0 Å². The topological polar surface area (TPSA) is 69.6 Å². The average Bonchev–Trinajstić information content (AvgIpc) is 2.32. The normalized spacial score (nSPS) is 10.1. The number of anilines is 1. The number of rotatable bonds is 2. The van der Waals surface area contributed by atoms with E-state index >= 15 is 0 Å². The molecular weight excluding hydrogens is 230 g/mol. The van der Waals surface area contributed by atoms with Crippen LogP contribution in [0.3, 0.4) is 0 Å². The summed E-state index contributed by atoms with van der Waals surface area (Å²) in [6, 6.07) is 11.1. The Kier molecular flexibility index (Phi) is 3.19. The molecular formula is C14H13NO3. The summed E-state index contributed by atoms with van der Waals surface area (Å²) in [6.07, 6.45) is 0. The molecule has 0 aliphatic carbocycles. The number of benzene rings is 2. The van der Waals surface area contributed by atoms with Gasteiger partial charge in [0.1, 0.15) is 11.5 Å². The molecule has 2 rings (SSSR count). The Morgan fingerprint density at radius 3 is 2.56 bits per heavy atom. The maximum atomic E-state index is 12.0. The van der Waals surface area contributed by atoms with Crippen molar-refractivity contribution in [1.29, 1.82) is 0 Å². The smallest absolute Gasteiger partial charge is 0.256 e. The number of carbonyl (C=O) groups is 1. The van der Waals surface area contributed by atoms with Gasteiger partial charge in [-0.15, -0.1) is 0 Å². The number of aromatic hydroxyl groups is 2. The second-order valence-electron chi connectivity index (χ2n) is 3.95. The monoisotopic (exact) mass is 243 g/mol. The van der Waals surface area contributed by atoms with Crippen molar-refractivity contribution in [1.82, 2.24) is 0 Å². The third-order valence-corrected chi connectivity index (χ3v) is 2.65. The van der Waals surface area contributed by atoms with Crippen LogP contribution in [0.1, 0.15) is 15.9 Å². The summed E-state index contributed by atoms with van der Waals surface area (Å²) in [5.41, 5.74) is 1.43. The van der Waals surface area contributed by atoms with Crippen LogP contribution in [-0.2, 0) is 0 Å². The van der Waals surface area contributed by atoms with Gasteiger partial charge in [0.05, 0.1) is 0 Å². The third-order valence-electron chi connectivity index (χ3n) is 2.65. The second-order valence-corrected chi connectivity index (χ2v) is 3.95. The number of carbonyl (C=O) groups excluding carboxylic acids is 1. The minimum atomic E-state index is -0.325. The number of phenolic OH excluding ortho intramolecular Hbond substituents is 2. The van der Waals surface area contributed by atoms with Crippen molar-refractivity contribution in [3.63, 3.8) is 0 Å². The van der Waals surface area contributed by atoms with Crippen LogP contribution in [0.25, 0.3) is 0 Å². The molecule has 0 radical (unpaired) electrons. The van der Waals surface area contributed by atoms with E-state index in [1.54, 1.807) is 31.2 Å². The van der Waals surface area contributed by atoms with Crippen LogP contribution in [0.2, 0.25) is 0 Å². The molecule has 3 N–H and O–H groups in total. The van der Waals surface area contributed by atoms with Crippen LogP contribution < -0.4 is 5.32 Å². The van der Waals surface area contributed by atoms with Gasteiger partial charge in [-0.3, -0.25) is 4.79 Å². The molecule has 0 aliphatic heterocycles. The average molecular weight is 243 g/mol. The van der Waals surface area contributed by atoms with Gasteiger partial charge < -0.3 is 15.5 Å². The molecule has 0 saturated heterocycles. The van der Waals surface area contributed by atoms with Crippen molar-refractivity contribution in [2.45, 2.75) is 6.92 Å². The Labute approximate surface area is 105 Å². The van der Waals surface area contributed by atoms with E-state index in [2.05, 4.69) is 5.32 Å². The van der Waals surface area contributed by atoms with Crippen molar-refractivity contribution in [3.05, 3.63) is 53.6 Å². The van der Waals surface area contributed by atoms with E-state index in [1.807, 2.05) is 0 Å². The highest BCUT2D eigenvalue weighted by atomic mass is 16.3. The number of hydrogen-bond acceptors (Lipinski definition) is 3. The predicted octanol–water partition coefficient (Wildman–Crippen LogP) is 2.66. The molecule has 0 saturated carbocycles. The van der Waals surface area contributed by atoms with E-state index in [-0.39, 0.29) is 17.4 Å². The maximum Gasteiger partial charge on any atom is 0.256 e. The Hall–Kier alpha value is -2.49. The summed E-state index contributed by atoms with van der Waals surface area (Å²) >= 11 is 0.